The third kappa shape index (κ3) is 3.67. The molecule has 1 heterocycles. The van der Waals surface area contributed by atoms with Crippen LogP contribution in [-0.2, 0) is 22.4 Å². The normalized spacial score (nSPS) is 15.7. The zero-order valence-corrected chi connectivity index (χ0v) is 13.8. The summed E-state index contributed by atoms with van der Waals surface area (Å²) < 4.78 is 0. The Morgan fingerprint density at radius 3 is 2.14 bits per heavy atom. The van der Waals surface area contributed by atoms with E-state index in [1.165, 1.54) is 11.1 Å². The molecule has 0 bridgehead atoms. The van der Waals surface area contributed by atoms with Crippen LogP contribution in [0.1, 0.15) is 44.7 Å². The Kier molecular flexibility index (Phi) is 5.58. The van der Waals surface area contributed by atoms with Crippen LogP contribution in [0, 0.1) is 5.92 Å². The predicted molar refractivity (Wildman–Crippen MR) is 88.8 cm³/mol. The van der Waals surface area contributed by atoms with Gasteiger partial charge in [-0.05, 0) is 36.8 Å². The predicted octanol–water partition coefficient (Wildman–Crippen LogP) is 3.01. The number of likely N-dealkylation sites (tertiary alicyclic amines) is 1. The van der Waals surface area contributed by atoms with Crippen LogP contribution in [0.5, 0.6) is 0 Å². The first-order valence-electron chi connectivity index (χ1n) is 8.23. The number of carbonyl (C=O) groups is 2. The maximum absolute atomic E-state index is 12.6. The van der Waals surface area contributed by atoms with Crippen molar-refractivity contribution in [3.8, 4) is 0 Å². The molecule has 1 saturated heterocycles. The lowest BCUT2D eigenvalue weighted by Gasteiger charge is -2.30. The lowest BCUT2D eigenvalue weighted by molar-refractivity contribution is -0.132. The van der Waals surface area contributed by atoms with E-state index in [9.17, 15) is 9.59 Å². The topological polar surface area (TPSA) is 49.4 Å². The second-order valence-electron chi connectivity index (χ2n) is 5.93. The molecule has 1 fully saturated rings. The Bertz CT molecular complexity index is 524. The summed E-state index contributed by atoms with van der Waals surface area (Å²) in [5.74, 6) is 0.201. The van der Waals surface area contributed by atoms with Crippen molar-refractivity contribution in [2.45, 2.75) is 46.5 Å². The number of aryl methyl sites for hydroxylation is 2. The highest BCUT2D eigenvalue weighted by molar-refractivity contribution is 5.94. The maximum Gasteiger partial charge on any atom is 0.227 e. The van der Waals surface area contributed by atoms with Gasteiger partial charge in [0.05, 0.1) is 0 Å². The van der Waals surface area contributed by atoms with Gasteiger partial charge in [0.25, 0.3) is 0 Å². The van der Waals surface area contributed by atoms with Gasteiger partial charge in [-0.25, -0.2) is 0 Å². The van der Waals surface area contributed by atoms with Crippen molar-refractivity contribution in [1.29, 1.82) is 0 Å². The minimum atomic E-state index is 0.00483. The van der Waals surface area contributed by atoms with Crippen molar-refractivity contribution >= 4 is 17.5 Å². The lowest BCUT2D eigenvalue weighted by Crippen LogP contribution is -2.40. The fourth-order valence-electron chi connectivity index (χ4n) is 3.08. The van der Waals surface area contributed by atoms with Crippen LogP contribution < -0.4 is 5.32 Å². The number of para-hydroxylation sites is 1. The van der Waals surface area contributed by atoms with Crippen LogP contribution >= 0.6 is 0 Å². The molecule has 0 unspecified atom stereocenters. The molecule has 0 atom stereocenters. The van der Waals surface area contributed by atoms with E-state index in [1.807, 2.05) is 4.90 Å². The molecule has 0 radical (unpaired) electrons. The number of nitrogens with one attached hydrogen (secondary N) is 1. The fourth-order valence-corrected chi connectivity index (χ4v) is 3.08. The standard InChI is InChI=1S/C18H26N2O2/c1-4-14-7-6-8-15(5-2)17(14)19-18(22)16-9-11-20(12-10-16)13(3)21/h6-8,16H,4-5,9-12H2,1-3H3,(H,19,22). The molecule has 1 aliphatic heterocycles. The van der Waals surface area contributed by atoms with Crippen LogP contribution in [-0.4, -0.2) is 29.8 Å². The second-order valence-corrected chi connectivity index (χ2v) is 5.93. The van der Waals surface area contributed by atoms with Crippen LogP contribution in [0.2, 0.25) is 0 Å². The van der Waals surface area contributed by atoms with Gasteiger partial charge in [-0.2, -0.15) is 0 Å². The average Bonchev–Trinajstić information content (AvgIpc) is 2.55. The number of hydrogen-bond donors (Lipinski definition) is 1. The van der Waals surface area contributed by atoms with E-state index in [0.717, 1.165) is 31.4 Å². The summed E-state index contributed by atoms with van der Waals surface area (Å²) >= 11 is 0. The number of hydrogen-bond acceptors (Lipinski definition) is 2. The van der Waals surface area contributed by atoms with Gasteiger partial charge in [0.1, 0.15) is 0 Å². The van der Waals surface area contributed by atoms with Gasteiger partial charge < -0.3 is 10.2 Å². The molecule has 2 rings (SSSR count). The van der Waals surface area contributed by atoms with Crippen LogP contribution in [0.4, 0.5) is 5.69 Å². The van der Waals surface area contributed by atoms with Crippen LogP contribution in [0.25, 0.3) is 0 Å². The average molecular weight is 302 g/mol. The van der Waals surface area contributed by atoms with Gasteiger partial charge in [-0.3, -0.25) is 9.59 Å². The highest BCUT2D eigenvalue weighted by Crippen LogP contribution is 2.25. The fraction of sp³-hybridized carbons (Fsp3) is 0.556. The smallest absolute Gasteiger partial charge is 0.227 e. The first kappa shape index (κ1) is 16.5. The molecule has 0 saturated carbocycles. The number of piperidine rings is 1. The first-order chi connectivity index (χ1) is 10.6. The van der Waals surface area contributed by atoms with Crippen molar-refractivity contribution in [2.75, 3.05) is 18.4 Å². The van der Waals surface area contributed by atoms with Gasteiger partial charge in [0.2, 0.25) is 11.8 Å². The quantitative estimate of drug-likeness (QED) is 0.929. The molecule has 0 aromatic heterocycles. The molecule has 2 amide bonds. The van der Waals surface area contributed by atoms with Crippen molar-refractivity contribution < 1.29 is 9.59 Å². The Morgan fingerprint density at radius 2 is 1.68 bits per heavy atom. The molecule has 0 aliphatic carbocycles. The minimum absolute atomic E-state index is 0.00483. The van der Waals surface area contributed by atoms with Gasteiger partial charge >= 0.3 is 0 Å². The monoisotopic (exact) mass is 302 g/mol. The van der Waals surface area contributed by atoms with E-state index in [2.05, 4.69) is 37.4 Å². The van der Waals surface area contributed by atoms with Crippen LogP contribution in [0.15, 0.2) is 18.2 Å². The minimum Gasteiger partial charge on any atom is -0.343 e. The first-order valence-corrected chi connectivity index (χ1v) is 8.23. The lowest BCUT2D eigenvalue weighted by atomic mass is 9.95. The number of amides is 2. The van der Waals surface area contributed by atoms with E-state index in [-0.39, 0.29) is 17.7 Å². The number of anilines is 1. The molecule has 1 N–H and O–H groups in total. The van der Waals surface area contributed by atoms with Gasteiger partial charge in [-0.1, -0.05) is 32.0 Å². The molecule has 4 nitrogen and oxygen atoms in total. The van der Waals surface area contributed by atoms with Crippen molar-refractivity contribution in [3.05, 3.63) is 29.3 Å². The number of benzene rings is 1. The molecule has 120 valence electrons. The van der Waals surface area contributed by atoms with Gasteiger partial charge in [0.15, 0.2) is 0 Å². The second kappa shape index (κ2) is 7.43. The highest BCUT2D eigenvalue weighted by atomic mass is 16.2. The number of rotatable bonds is 4. The summed E-state index contributed by atoms with van der Waals surface area (Å²) in [6, 6.07) is 6.21. The number of carbonyl (C=O) groups excluding carboxylic acids is 2. The van der Waals surface area contributed by atoms with Crippen molar-refractivity contribution in [1.82, 2.24) is 4.90 Å². The summed E-state index contributed by atoms with van der Waals surface area (Å²) in [7, 11) is 0. The van der Waals surface area contributed by atoms with Gasteiger partial charge in [0, 0.05) is 31.6 Å². The Morgan fingerprint density at radius 1 is 1.14 bits per heavy atom. The summed E-state index contributed by atoms with van der Waals surface area (Å²) in [5, 5.41) is 3.15. The molecule has 22 heavy (non-hydrogen) atoms. The maximum atomic E-state index is 12.6. The molecule has 1 aromatic rings. The molecule has 1 aliphatic rings. The van der Waals surface area contributed by atoms with E-state index in [4.69, 9.17) is 0 Å². The summed E-state index contributed by atoms with van der Waals surface area (Å²) in [5.41, 5.74) is 3.37. The summed E-state index contributed by atoms with van der Waals surface area (Å²) in [4.78, 5) is 25.7. The van der Waals surface area contributed by atoms with E-state index >= 15 is 0 Å². The zero-order chi connectivity index (χ0) is 16.1. The van der Waals surface area contributed by atoms with Crippen LogP contribution in [0.3, 0.4) is 0 Å². The van der Waals surface area contributed by atoms with Gasteiger partial charge in [-0.15, -0.1) is 0 Å². The number of nitrogens with zero attached hydrogens (tertiary/aromatic N) is 1. The SMILES string of the molecule is CCc1cccc(CC)c1NC(=O)C1CCN(C(C)=O)CC1. The third-order valence-corrected chi connectivity index (χ3v) is 4.56. The van der Waals surface area contributed by atoms with E-state index in [1.54, 1.807) is 6.92 Å². The Hall–Kier alpha value is -1.84. The summed E-state index contributed by atoms with van der Waals surface area (Å²) in [6.07, 6.45) is 3.32. The largest absolute Gasteiger partial charge is 0.343 e. The van der Waals surface area contributed by atoms with Crippen molar-refractivity contribution in [3.63, 3.8) is 0 Å². The zero-order valence-electron chi connectivity index (χ0n) is 13.8. The molecular formula is C18H26N2O2. The van der Waals surface area contributed by atoms with E-state index < -0.39 is 0 Å². The van der Waals surface area contributed by atoms with E-state index in [0.29, 0.717) is 13.1 Å². The summed E-state index contributed by atoms with van der Waals surface area (Å²) in [6.45, 7) is 7.17. The Balaban J connectivity index is 2.05. The molecule has 0 spiro atoms. The highest BCUT2D eigenvalue weighted by Gasteiger charge is 2.26. The third-order valence-electron chi connectivity index (χ3n) is 4.56. The molecule has 1 aromatic carbocycles. The molecule has 4 heteroatoms. The molecular weight excluding hydrogens is 276 g/mol. The Labute approximate surface area is 132 Å². The van der Waals surface area contributed by atoms with Crippen molar-refractivity contribution in [2.24, 2.45) is 5.92 Å².